The van der Waals surface area contributed by atoms with Crippen molar-refractivity contribution in [3.05, 3.63) is 72.2 Å². The summed E-state index contributed by atoms with van der Waals surface area (Å²) in [7, 11) is -3.49. The molecular weight excluding hydrogens is 377 g/mol. The van der Waals surface area contributed by atoms with Crippen LogP contribution in [0.4, 0.5) is 4.39 Å². The summed E-state index contributed by atoms with van der Waals surface area (Å²) in [6, 6.07) is 15.1. The van der Waals surface area contributed by atoms with Crippen LogP contribution >= 0.6 is 0 Å². The van der Waals surface area contributed by atoms with Gasteiger partial charge < -0.3 is 0 Å². The van der Waals surface area contributed by atoms with Crippen LogP contribution in [0.25, 0.3) is 10.9 Å². The monoisotopic (exact) mass is 399 g/mol. The quantitative estimate of drug-likeness (QED) is 0.715. The minimum Gasteiger partial charge on any atom is -0.299 e. The van der Waals surface area contributed by atoms with Crippen LogP contribution in [0, 0.1) is 5.82 Å². The van der Waals surface area contributed by atoms with Crippen molar-refractivity contribution in [1.29, 1.82) is 0 Å². The van der Waals surface area contributed by atoms with E-state index in [1.807, 2.05) is 0 Å². The molecule has 2 heterocycles. The highest BCUT2D eigenvalue weighted by molar-refractivity contribution is 7.89. The normalized spacial score (nSPS) is 16.5. The third kappa shape index (κ3) is 4.06. The van der Waals surface area contributed by atoms with Gasteiger partial charge in [0.1, 0.15) is 5.82 Å². The zero-order valence-corrected chi connectivity index (χ0v) is 16.2. The van der Waals surface area contributed by atoms with E-state index in [0.29, 0.717) is 22.3 Å². The number of sulfonamides is 1. The van der Waals surface area contributed by atoms with Crippen molar-refractivity contribution in [2.75, 3.05) is 13.1 Å². The Balaban J connectivity index is 1.40. The molecule has 1 aromatic heterocycles. The minimum absolute atomic E-state index is 0.0791. The molecule has 0 unspecified atom stereocenters. The molecule has 0 amide bonds. The van der Waals surface area contributed by atoms with Gasteiger partial charge in [-0.15, -0.1) is 0 Å². The van der Waals surface area contributed by atoms with E-state index < -0.39 is 10.0 Å². The number of nitrogens with one attached hydrogen (secondary N) is 1. The molecule has 0 atom stereocenters. The second-order valence-corrected chi connectivity index (χ2v) is 8.80. The molecule has 28 heavy (non-hydrogen) atoms. The molecule has 1 N–H and O–H groups in total. The molecule has 1 aliphatic heterocycles. The molecule has 0 saturated carbocycles. The van der Waals surface area contributed by atoms with Crippen molar-refractivity contribution in [3.8, 4) is 0 Å². The summed E-state index contributed by atoms with van der Waals surface area (Å²) in [6.07, 6.45) is 3.15. The Labute approximate surface area is 164 Å². The van der Waals surface area contributed by atoms with Crippen LogP contribution in [0.3, 0.4) is 0 Å². The molecular formula is C21H22FN3O2S. The lowest BCUT2D eigenvalue weighted by atomic mass is 10.0. The zero-order valence-electron chi connectivity index (χ0n) is 15.4. The predicted octanol–water partition coefficient (Wildman–Crippen LogP) is 3.32. The van der Waals surface area contributed by atoms with Crippen molar-refractivity contribution in [2.24, 2.45) is 0 Å². The largest absolute Gasteiger partial charge is 0.299 e. The molecule has 4 rings (SSSR count). The summed E-state index contributed by atoms with van der Waals surface area (Å²) in [6.45, 7) is 2.22. The van der Waals surface area contributed by atoms with Gasteiger partial charge in [0.2, 0.25) is 10.0 Å². The van der Waals surface area contributed by atoms with Crippen LogP contribution in [0.2, 0.25) is 0 Å². The van der Waals surface area contributed by atoms with E-state index in [4.69, 9.17) is 0 Å². The highest BCUT2D eigenvalue weighted by Crippen LogP contribution is 2.23. The highest BCUT2D eigenvalue weighted by Gasteiger charge is 2.25. The lowest BCUT2D eigenvalue weighted by Gasteiger charge is -2.32. The Morgan fingerprint density at radius 3 is 2.54 bits per heavy atom. The molecule has 0 spiro atoms. The number of piperidine rings is 1. The molecule has 2 aromatic carbocycles. The van der Waals surface area contributed by atoms with Crippen LogP contribution in [-0.2, 0) is 16.6 Å². The average Bonchev–Trinajstić information content (AvgIpc) is 2.72. The third-order valence-corrected chi connectivity index (χ3v) is 6.69. The molecule has 0 bridgehead atoms. The first kappa shape index (κ1) is 19.0. The maximum Gasteiger partial charge on any atom is 0.240 e. The van der Waals surface area contributed by atoms with Gasteiger partial charge in [-0.2, -0.15) is 0 Å². The fourth-order valence-electron chi connectivity index (χ4n) is 3.66. The number of likely N-dealkylation sites (tertiary alicyclic amines) is 1. The van der Waals surface area contributed by atoms with Gasteiger partial charge in [-0.1, -0.05) is 24.3 Å². The molecule has 1 fully saturated rings. The first-order chi connectivity index (χ1) is 13.5. The Morgan fingerprint density at radius 1 is 1.04 bits per heavy atom. The van der Waals surface area contributed by atoms with E-state index in [1.165, 1.54) is 6.07 Å². The molecule has 7 heteroatoms. The number of halogens is 1. The molecule has 0 radical (unpaired) electrons. The Hall–Kier alpha value is -2.35. The third-order valence-electron chi connectivity index (χ3n) is 5.16. The van der Waals surface area contributed by atoms with E-state index >= 15 is 0 Å². The average molecular weight is 399 g/mol. The van der Waals surface area contributed by atoms with E-state index in [1.54, 1.807) is 54.7 Å². The van der Waals surface area contributed by atoms with Gasteiger partial charge in [0.15, 0.2) is 0 Å². The molecule has 3 aromatic rings. The van der Waals surface area contributed by atoms with Crippen LogP contribution in [0.15, 0.2) is 65.7 Å². The molecule has 1 saturated heterocycles. The topological polar surface area (TPSA) is 62.3 Å². The van der Waals surface area contributed by atoms with Crippen LogP contribution in [0.5, 0.6) is 0 Å². The van der Waals surface area contributed by atoms with Gasteiger partial charge in [0, 0.05) is 37.3 Å². The van der Waals surface area contributed by atoms with Crippen molar-refractivity contribution in [1.82, 2.24) is 14.6 Å². The summed E-state index contributed by atoms with van der Waals surface area (Å²) in [5, 5.41) is 0.533. The number of benzene rings is 2. The first-order valence-corrected chi connectivity index (χ1v) is 10.8. The summed E-state index contributed by atoms with van der Waals surface area (Å²) in [4.78, 5) is 6.90. The van der Waals surface area contributed by atoms with Crippen molar-refractivity contribution >= 4 is 20.9 Å². The fraction of sp³-hybridized carbons (Fsp3) is 0.286. The Bertz CT molecular complexity index is 1070. The number of hydrogen-bond donors (Lipinski definition) is 1. The van der Waals surface area contributed by atoms with Crippen LogP contribution in [0.1, 0.15) is 18.4 Å². The van der Waals surface area contributed by atoms with E-state index in [9.17, 15) is 12.8 Å². The zero-order chi connectivity index (χ0) is 19.6. The van der Waals surface area contributed by atoms with E-state index in [2.05, 4.69) is 14.6 Å². The lowest BCUT2D eigenvalue weighted by Crippen LogP contribution is -2.44. The standard InChI is InChI=1S/C21H22FN3O2S/c22-20-9-8-16(21-19(20)7-4-12-23-21)15-25-13-10-17(11-14-25)24-28(26,27)18-5-2-1-3-6-18/h1-9,12,17,24H,10-11,13-15H2. The van der Waals surface area contributed by atoms with Gasteiger partial charge in [-0.05, 0) is 48.7 Å². The fourth-order valence-corrected chi connectivity index (χ4v) is 4.99. The number of pyridine rings is 1. The minimum atomic E-state index is -3.49. The maximum absolute atomic E-state index is 14.0. The van der Waals surface area contributed by atoms with Gasteiger partial charge in [0.05, 0.1) is 10.4 Å². The number of nitrogens with zero attached hydrogens (tertiary/aromatic N) is 2. The molecule has 0 aliphatic carbocycles. The lowest BCUT2D eigenvalue weighted by molar-refractivity contribution is 0.200. The van der Waals surface area contributed by atoms with Crippen molar-refractivity contribution in [3.63, 3.8) is 0 Å². The number of rotatable bonds is 5. The summed E-state index contributed by atoms with van der Waals surface area (Å²) < 4.78 is 41.8. The van der Waals surface area contributed by atoms with Gasteiger partial charge in [-0.25, -0.2) is 17.5 Å². The smallest absolute Gasteiger partial charge is 0.240 e. The number of aromatic nitrogens is 1. The second kappa shape index (κ2) is 7.95. The first-order valence-electron chi connectivity index (χ1n) is 9.35. The van der Waals surface area contributed by atoms with E-state index in [0.717, 1.165) is 31.5 Å². The predicted molar refractivity (Wildman–Crippen MR) is 107 cm³/mol. The van der Waals surface area contributed by atoms with E-state index in [-0.39, 0.29) is 11.9 Å². The molecule has 1 aliphatic rings. The Morgan fingerprint density at radius 2 is 1.79 bits per heavy atom. The molecule has 146 valence electrons. The van der Waals surface area contributed by atoms with Crippen LogP contribution < -0.4 is 4.72 Å². The summed E-state index contributed by atoms with van der Waals surface area (Å²) >= 11 is 0. The Kier molecular flexibility index (Phi) is 5.39. The van der Waals surface area contributed by atoms with Gasteiger partial charge in [0.25, 0.3) is 0 Å². The van der Waals surface area contributed by atoms with Crippen molar-refractivity contribution in [2.45, 2.75) is 30.3 Å². The van der Waals surface area contributed by atoms with Gasteiger partial charge >= 0.3 is 0 Å². The summed E-state index contributed by atoms with van der Waals surface area (Å²) in [5.41, 5.74) is 1.68. The highest BCUT2D eigenvalue weighted by atomic mass is 32.2. The second-order valence-electron chi connectivity index (χ2n) is 7.09. The maximum atomic E-state index is 14.0. The van der Waals surface area contributed by atoms with Crippen molar-refractivity contribution < 1.29 is 12.8 Å². The molecule has 5 nitrogen and oxygen atoms in total. The summed E-state index contributed by atoms with van der Waals surface area (Å²) in [5.74, 6) is -0.263. The SMILES string of the molecule is O=S(=O)(NC1CCN(Cc2ccc(F)c3cccnc23)CC1)c1ccccc1. The van der Waals surface area contributed by atoms with Gasteiger partial charge in [-0.3, -0.25) is 9.88 Å². The van der Waals surface area contributed by atoms with Crippen LogP contribution in [-0.4, -0.2) is 37.4 Å². The number of fused-ring (bicyclic) bond motifs is 1. The number of hydrogen-bond acceptors (Lipinski definition) is 4.